The second-order valence-electron chi connectivity index (χ2n) is 9.37. The molecule has 2 aromatic carbocycles. The fraction of sp³-hybridized carbons (Fsp3) is 0.333. The molecule has 37 heavy (non-hydrogen) atoms. The number of methoxy groups -OCH3 is 1. The molecule has 10 heteroatoms. The predicted octanol–water partition coefficient (Wildman–Crippen LogP) is 6.13. The van der Waals surface area contributed by atoms with Gasteiger partial charge in [0.15, 0.2) is 17.3 Å². The number of carbonyl (C=O) groups excluding carboxylic acids is 1. The highest BCUT2D eigenvalue weighted by atomic mass is 35.5. The third-order valence-electron chi connectivity index (χ3n) is 5.68. The third kappa shape index (κ3) is 5.99. The number of nitrogens with one attached hydrogen (secondary N) is 1. The van der Waals surface area contributed by atoms with Crippen molar-refractivity contribution in [2.24, 2.45) is 10.1 Å². The van der Waals surface area contributed by atoms with Crippen LogP contribution in [-0.2, 0) is 10.2 Å². The van der Waals surface area contributed by atoms with E-state index in [0.717, 1.165) is 10.8 Å². The number of carbonyl (C=O) groups is 1. The molecule has 4 rings (SSSR count). The molecular formula is C27H29ClN4O4S. The van der Waals surface area contributed by atoms with Gasteiger partial charge in [0, 0.05) is 0 Å². The molecule has 0 aromatic heterocycles. The fourth-order valence-electron chi connectivity index (χ4n) is 3.66. The highest BCUT2D eigenvalue weighted by Gasteiger charge is 2.35. The van der Waals surface area contributed by atoms with Gasteiger partial charge in [-0.05, 0) is 65.1 Å². The zero-order valence-corrected chi connectivity index (χ0v) is 23.0. The topological polar surface area (TPSA) is 96.6 Å². The Morgan fingerprint density at radius 2 is 1.84 bits per heavy atom. The summed E-state index contributed by atoms with van der Waals surface area (Å²) in [6.07, 6.45) is 2.25. The first-order valence-electron chi connectivity index (χ1n) is 11.8. The summed E-state index contributed by atoms with van der Waals surface area (Å²) in [7, 11) is 1.51. The van der Waals surface area contributed by atoms with Gasteiger partial charge in [0.25, 0.3) is 5.91 Å². The number of aliphatic imine (C=N–C) groups is 1. The van der Waals surface area contributed by atoms with Crippen LogP contribution in [0.1, 0.15) is 45.2 Å². The maximum atomic E-state index is 12.6. The van der Waals surface area contributed by atoms with Gasteiger partial charge in [-0.15, -0.1) is 0 Å². The fourth-order valence-corrected chi connectivity index (χ4v) is 4.76. The quantitative estimate of drug-likeness (QED) is 0.319. The summed E-state index contributed by atoms with van der Waals surface area (Å²) in [5, 5.41) is 15.7. The van der Waals surface area contributed by atoms with Crippen molar-refractivity contribution >= 4 is 51.4 Å². The normalized spacial score (nSPS) is 16.5. The molecule has 1 N–H and O–H groups in total. The van der Waals surface area contributed by atoms with Crippen LogP contribution in [0.3, 0.4) is 0 Å². The minimum atomic E-state index is -0.501. The van der Waals surface area contributed by atoms with E-state index in [1.807, 2.05) is 19.1 Å². The molecule has 194 valence electrons. The molecule has 1 amide bonds. The summed E-state index contributed by atoms with van der Waals surface area (Å²) < 4.78 is 17.1. The number of hydrogen-bond donors (Lipinski definition) is 1. The van der Waals surface area contributed by atoms with Crippen LogP contribution in [-0.4, -0.2) is 47.3 Å². The number of hydrogen-bond acceptors (Lipinski definition) is 7. The second kappa shape index (κ2) is 11.0. The number of hydrazone groups is 1. The van der Waals surface area contributed by atoms with E-state index < -0.39 is 5.91 Å². The van der Waals surface area contributed by atoms with Crippen molar-refractivity contribution in [3.8, 4) is 17.2 Å². The monoisotopic (exact) mass is 540 g/mol. The maximum Gasteiger partial charge on any atom is 0.283 e. The Labute approximate surface area is 225 Å². The van der Waals surface area contributed by atoms with Crippen LogP contribution in [0.15, 0.2) is 52.1 Å². The Bertz CT molecular complexity index is 1310. The largest absolute Gasteiger partial charge is 0.493 e. The van der Waals surface area contributed by atoms with E-state index in [4.69, 9.17) is 31.2 Å². The maximum absolute atomic E-state index is 12.6. The Morgan fingerprint density at radius 3 is 2.49 bits per heavy atom. The lowest BCUT2D eigenvalue weighted by Crippen LogP contribution is -2.35. The van der Waals surface area contributed by atoms with Crippen LogP contribution >= 0.6 is 23.4 Å². The first kappa shape index (κ1) is 26.8. The molecule has 0 fully saturated rings. The molecule has 0 radical (unpaired) electrons. The summed E-state index contributed by atoms with van der Waals surface area (Å²) in [5.41, 5.74) is 2.00. The number of fused-ring (bicyclic) bond motifs is 1. The zero-order valence-electron chi connectivity index (χ0n) is 21.4. The molecule has 0 unspecified atom stereocenters. The molecule has 2 aliphatic rings. The van der Waals surface area contributed by atoms with Crippen LogP contribution in [0, 0.1) is 5.41 Å². The van der Waals surface area contributed by atoms with Crippen LogP contribution in [0.4, 0.5) is 0 Å². The van der Waals surface area contributed by atoms with Crippen molar-refractivity contribution in [1.29, 1.82) is 5.41 Å². The van der Waals surface area contributed by atoms with Gasteiger partial charge in [-0.2, -0.15) is 15.1 Å². The number of ether oxygens (including phenoxy) is 3. The number of benzene rings is 2. The first-order chi connectivity index (χ1) is 17.6. The van der Waals surface area contributed by atoms with Crippen molar-refractivity contribution in [2.45, 2.75) is 39.5 Å². The molecule has 2 aromatic rings. The van der Waals surface area contributed by atoms with Gasteiger partial charge in [-0.25, -0.2) is 0 Å². The number of nitrogens with zero attached hydrogens (tertiary/aromatic N) is 3. The van der Waals surface area contributed by atoms with Crippen molar-refractivity contribution in [3.63, 3.8) is 0 Å². The molecule has 0 bridgehead atoms. The lowest BCUT2D eigenvalue weighted by atomic mass is 9.87. The summed E-state index contributed by atoms with van der Waals surface area (Å²) in [4.78, 5) is 16.7. The highest BCUT2D eigenvalue weighted by molar-refractivity contribution is 8.26. The van der Waals surface area contributed by atoms with E-state index in [9.17, 15) is 4.79 Å². The number of amidine groups is 2. The molecule has 0 spiro atoms. The van der Waals surface area contributed by atoms with Crippen molar-refractivity contribution in [2.75, 3.05) is 20.3 Å². The van der Waals surface area contributed by atoms with Crippen LogP contribution in [0.25, 0.3) is 6.08 Å². The SMILES string of the molecule is CCC1=NN2C(=N)/C(=C\c3cc(Cl)c(OCCOc4ccc(C(C)(C)C)cc4)c(OC)c3)C(=O)N=C2S1. The molecule has 0 atom stereocenters. The zero-order chi connectivity index (χ0) is 26.7. The molecule has 2 aliphatic heterocycles. The summed E-state index contributed by atoms with van der Waals surface area (Å²) in [6.45, 7) is 9.03. The Kier molecular flexibility index (Phi) is 7.94. The van der Waals surface area contributed by atoms with Gasteiger partial charge in [-0.1, -0.05) is 51.4 Å². The lowest BCUT2D eigenvalue weighted by molar-refractivity contribution is -0.114. The van der Waals surface area contributed by atoms with E-state index in [-0.39, 0.29) is 23.4 Å². The number of amides is 1. The molecular weight excluding hydrogens is 512 g/mol. The molecule has 0 saturated carbocycles. The minimum Gasteiger partial charge on any atom is -0.493 e. The smallest absolute Gasteiger partial charge is 0.283 e. The van der Waals surface area contributed by atoms with Crippen LogP contribution in [0.2, 0.25) is 5.02 Å². The van der Waals surface area contributed by atoms with Gasteiger partial charge < -0.3 is 14.2 Å². The predicted molar refractivity (Wildman–Crippen MR) is 149 cm³/mol. The number of thioether (sulfide) groups is 1. The van der Waals surface area contributed by atoms with Gasteiger partial charge in [-0.3, -0.25) is 10.2 Å². The first-order valence-corrected chi connectivity index (χ1v) is 13.0. The van der Waals surface area contributed by atoms with E-state index in [2.05, 4.69) is 43.0 Å². The summed E-state index contributed by atoms with van der Waals surface area (Å²) in [5.74, 6) is 0.995. The van der Waals surface area contributed by atoms with Gasteiger partial charge >= 0.3 is 0 Å². The number of halogens is 1. The van der Waals surface area contributed by atoms with Crippen molar-refractivity contribution in [3.05, 3.63) is 58.1 Å². The Morgan fingerprint density at radius 1 is 1.14 bits per heavy atom. The average molecular weight is 541 g/mol. The van der Waals surface area contributed by atoms with Crippen molar-refractivity contribution < 1.29 is 19.0 Å². The van der Waals surface area contributed by atoms with E-state index >= 15 is 0 Å². The molecule has 0 saturated heterocycles. The lowest BCUT2D eigenvalue weighted by Gasteiger charge is -2.20. The van der Waals surface area contributed by atoms with Crippen molar-refractivity contribution in [1.82, 2.24) is 5.01 Å². The van der Waals surface area contributed by atoms with Gasteiger partial charge in [0.1, 0.15) is 24.0 Å². The Hall–Kier alpha value is -3.30. The third-order valence-corrected chi connectivity index (χ3v) is 7.01. The van der Waals surface area contributed by atoms with Gasteiger partial charge in [0.2, 0.25) is 5.17 Å². The van der Waals surface area contributed by atoms with Gasteiger partial charge in [0.05, 0.1) is 17.7 Å². The number of rotatable bonds is 8. The molecule has 0 aliphatic carbocycles. The summed E-state index contributed by atoms with van der Waals surface area (Å²) in [6, 6.07) is 11.4. The van der Waals surface area contributed by atoms with Crippen LogP contribution < -0.4 is 14.2 Å². The average Bonchev–Trinajstić information content (AvgIpc) is 3.28. The second-order valence-corrected chi connectivity index (χ2v) is 10.8. The van der Waals surface area contributed by atoms with E-state index in [1.165, 1.54) is 29.4 Å². The highest BCUT2D eigenvalue weighted by Crippen LogP contribution is 2.38. The van der Waals surface area contributed by atoms with E-state index in [0.29, 0.717) is 40.3 Å². The van der Waals surface area contributed by atoms with E-state index in [1.54, 1.807) is 18.2 Å². The summed E-state index contributed by atoms with van der Waals surface area (Å²) >= 11 is 7.81. The Balaban J connectivity index is 1.44. The van der Waals surface area contributed by atoms with Crippen LogP contribution in [0.5, 0.6) is 17.2 Å². The minimum absolute atomic E-state index is 0.0333. The standard InChI is InChI=1S/C27H29ClN4O4S/c1-6-22-31-32-24(29)19(25(33)30-26(32)37-22)13-16-14-20(28)23(21(15-16)34-5)36-12-11-35-18-9-7-17(8-10-18)27(2,3)4/h7-10,13-15,29H,6,11-12H2,1-5H3/b19-13+,29-24?. The molecule has 2 heterocycles. The molecule has 8 nitrogen and oxygen atoms in total.